The molecule has 0 fully saturated rings. The average Bonchev–Trinajstić information content (AvgIpc) is 3.46. The van der Waals surface area contributed by atoms with Crippen LogP contribution in [0.25, 0.3) is 34.0 Å². The molecule has 5 N–H and O–H groups in total. The Balaban J connectivity index is 1.69. The number of benzene rings is 3. The number of aliphatic hydroxyl groups excluding tert-OH is 1. The standard InChI is InChI=1S/C31H32F2N4O2S/c1-2-3-4-23-17-27(21-5-9-25(32)10-6-21)28(18-24(23)19-35-14-13-34-15-16-38)36-30(39)29-20-40-31(37-29)22-7-11-26(33)12-8-22/h4-12,17-20,34-35,38H,2-3,13-16H2,1H3,(H,36,39)/p+1/b23-4+,24-19-. The zero-order chi connectivity index (χ0) is 28.3. The van der Waals surface area contributed by atoms with Gasteiger partial charge in [0, 0.05) is 40.5 Å². The molecule has 1 heterocycles. The lowest BCUT2D eigenvalue weighted by molar-refractivity contribution is -0.550. The van der Waals surface area contributed by atoms with E-state index in [9.17, 15) is 13.6 Å². The van der Waals surface area contributed by atoms with Gasteiger partial charge in [-0.3, -0.25) is 4.79 Å². The molecule has 0 bridgehead atoms. The number of unbranched alkanes of at least 4 members (excludes halogenated alkanes) is 1. The minimum absolute atomic E-state index is 0.0954. The zero-order valence-corrected chi connectivity index (χ0v) is 23.1. The van der Waals surface area contributed by atoms with Gasteiger partial charge in [-0.1, -0.05) is 31.6 Å². The summed E-state index contributed by atoms with van der Waals surface area (Å²) in [6.07, 6.45) is 6.07. The van der Waals surface area contributed by atoms with Crippen LogP contribution in [0.2, 0.25) is 0 Å². The maximum absolute atomic E-state index is 13.7. The van der Waals surface area contributed by atoms with E-state index in [1.165, 1.54) is 35.6 Å². The van der Waals surface area contributed by atoms with E-state index >= 15 is 0 Å². The fourth-order valence-electron chi connectivity index (χ4n) is 4.12. The zero-order valence-electron chi connectivity index (χ0n) is 22.3. The number of carbonyl (C=O) groups is 1. The van der Waals surface area contributed by atoms with Crippen LogP contribution in [-0.4, -0.2) is 42.2 Å². The second-order valence-corrected chi connectivity index (χ2v) is 10.0. The molecule has 0 unspecified atom stereocenters. The number of aromatic nitrogens is 1. The van der Waals surface area contributed by atoms with E-state index in [1.54, 1.807) is 29.6 Å². The first-order chi connectivity index (χ1) is 19.5. The minimum atomic E-state index is -0.374. The fraction of sp³-hybridized carbons (Fsp3) is 0.226. The van der Waals surface area contributed by atoms with Crippen LogP contribution in [0.15, 0.2) is 66.0 Å². The van der Waals surface area contributed by atoms with Crippen molar-refractivity contribution in [2.24, 2.45) is 0 Å². The van der Waals surface area contributed by atoms with Gasteiger partial charge in [0.25, 0.3) is 5.91 Å². The number of quaternary nitrogens is 1. The highest BCUT2D eigenvalue weighted by Gasteiger charge is 2.16. The van der Waals surface area contributed by atoms with Gasteiger partial charge in [0.15, 0.2) is 0 Å². The van der Waals surface area contributed by atoms with Crippen molar-refractivity contribution in [2.75, 3.05) is 31.6 Å². The largest absolute Gasteiger partial charge is 0.395 e. The molecule has 1 aromatic heterocycles. The summed E-state index contributed by atoms with van der Waals surface area (Å²) >= 11 is 1.31. The van der Waals surface area contributed by atoms with Crippen LogP contribution in [0.1, 0.15) is 30.3 Å². The second kappa shape index (κ2) is 14.6. The SMILES string of the molecule is CCC/C=c1\cc(-c2ccc(F)cc2)c(NC(=O)c2csc(-c3ccc(F)cc3)n2)c\c1=C\[NH2+]CCNCCO. The van der Waals surface area contributed by atoms with E-state index in [0.717, 1.165) is 53.1 Å². The van der Waals surface area contributed by atoms with Crippen molar-refractivity contribution in [3.63, 3.8) is 0 Å². The lowest BCUT2D eigenvalue weighted by Crippen LogP contribution is -2.80. The highest BCUT2D eigenvalue weighted by atomic mass is 32.1. The van der Waals surface area contributed by atoms with Gasteiger partial charge in [0.05, 0.1) is 13.2 Å². The Morgan fingerprint density at radius 1 is 1.00 bits per heavy atom. The van der Waals surface area contributed by atoms with Crippen LogP contribution in [0.3, 0.4) is 0 Å². The van der Waals surface area contributed by atoms with E-state index in [-0.39, 0.29) is 29.8 Å². The highest BCUT2D eigenvalue weighted by molar-refractivity contribution is 7.13. The first kappa shape index (κ1) is 29.2. The molecule has 0 aliphatic heterocycles. The van der Waals surface area contributed by atoms with Crippen molar-refractivity contribution in [2.45, 2.75) is 19.8 Å². The number of hydrogen-bond acceptors (Lipinski definition) is 5. The molecular formula is C31H33F2N4O2S+. The molecule has 0 aliphatic rings. The smallest absolute Gasteiger partial charge is 0.275 e. The maximum atomic E-state index is 13.7. The third-order valence-electron chi connectivity index (χ3n) is 6.18. The third-order valence-corrected chi connectivity index (χ3v) is 7.07. The van der Waals surface area contributed by atoms with E-state index in [2.05, 4.69) is 33.9 Å². The van der Waals surface area contributed by atoms with Crippen LogP contribution >= 0.6 is 11.3 Å². The molecule has 0 spiro atoms. The first-order valence-corrected chi connectivity index (χ1v) is 14.1. The topological polar surface area (TPSA) is 90.9 Å². The molecule has 40 heavy (non-hydrogen) atoms. The summed E-state index contributed by atoms with van der Waals surface area (Å²) in [6, 6.07) is 16.1. The van der Waals surface area contributed by atoms with Gasteiger partial charge in [-0.15, -0.1) is 11.3 Å². The van der Waals surface area contributed by atoms with Gasteiger partial charge in [0.1, 0.15) is 28.5 Å². The van der Waals surface area contributed by atoms with Crippen LogP contribution in [0, 0.1) is 11.6 Å². The van der Waals surface area contributed by atoms with Gasteiger partial charge in [-0.05, 0) is 65.7 Å². The number of nitrogens with two attached hydrogens (primary N) is 1. The molecular weight excluding hydrogens is 530 g/mol. The number of rotatable bonds is 12. The quantitative estimate of drug-likeness (QED) is 0.199. The summed E-state index contributed by atoms with van der Waals surface area (Å²) in [7, 11) is 0. The van der Waals surface area contributed by atoms with Crippen LogP contribution < -0.4 is 26.4 Å². The molecule has 4 aromatic rings. The van der Waals surface area contributed by atoms with Gasteiger partial charge in [-0.25, -0.2) is 13.8 Å². The van der Waals surface area contributed by atoms with Gasteiger partial charge < -0.3 is 21.1 Å². The van der Waals surface area contributed by atoms with Crippen molar-refractivity contribution in [1.82, 2.24) is 10.3 Å². The molecule has 0 radical (unpaired) electrons. The molecule has 6 nitrogen and oxygen atoms in total. The van der Waals surface area contributed by atoms with Crippen LogP contribution in [0.5, 0.6) is 0 Å². The van der Waals surface area contributed by atoms with Gasteiger partial charge in [0.2, 0.25) is 0 Å². The predicted molar refractivity (Wildman–Crippen MR) is 157 cm³/mol. The van der Waals surface area contributed by atoms with E-state index in [1.807, 2.05) is 18.3 Å². The number of hydrogen-bond donors (Lipinski definition) is 4. The Labute approximate surface area is 236 Å². The van der Waals surface area contributed by atoms with Gasteiger partial charge in [-0.2, -0.15) is 0 Å². The Morgan fingerprint density at radius 3 is 2.38 bits per heavy atom. The van der Waals surface area contributed by atoms with Crippen molar-refractivity contribution >= 4 is 35.2 Å². The summed E-state index contributed by atoms with van der Waals surface area (Å²) < 4.78 is 27.1. The monoisotopic (exact) mass is 563 g/mol. The highest BCUT2D eigenvalue weighted by Crippen LogP contribution is 2.28. The number of nitrogens with zero attached hydrogens (tertiary/aromatic N) is 1. The summed E-state index contributed by atoms with van der Waals surface area (Å²) in [4.78, 5) is 17.8. The Bertz CT molecular complexity index is 1540. The fourth-order valence-corrected chi connectivity index (χ4v) is 4.92. The Morgan fingerprint density at radius 2 is 1.70 bits per heavy atom. The number of carbonyl (C=O) groups excluding carboxylic acids is 1. The summed E-state index contributed by atoms with van der Waals surface area (Å²) in [5, 5.41) is 21.4. The lowest BCUT2D eigenvalue weighted by atomic mass is 10.0. The number of amides is 1. The molecule has 0 saturated heterocycles. The van der Waals surface area contributed by atoms with E-state index in [4.69, 9.17) is 5.11 Å². The van der Waals surface area contributed by atoms with Crippen molar-refractivity contribution in [3.8, 4) is 21.7 Å². The Kier molecular flexibility index (Phi) is 10.7. The molecule has 0 aliphatic carbocycles. The number of anilines is 1. The number of halogens is 2. The Hall–Kier alpha value is -3.76. The van der Waals surface area contributed by atoms with Crippen molar-refractivity contribution < 1.29 is 24.0 Å². The number of thiazole rings is 1. The van der Waals surface area contributed by atoms with Crippen LogP contribution in [-0.2, 0) is 0 Å². The number of nitrogens with one attached hydrogen (secondary N) is 2. The molecule has 1 amide bonds. The van der Waals surface area contributed by atoms with Crippen LogP contribution in [0.4, 0.5) is 14.5 Å². The lowest BCUT2D eigenvalue weighted by Gasteiger charge is -2.12. The van der Waals surface area contributed by atoms with E-state index in [0.29, 0.717) is 17.2 Å². The molecule has 0 saturated carbocycles. The normalized spacial score (nSPS) is 12.2. The van der Waals surface area contributed by atoms with Crippen molar-refractivity contribution in [3.05, 3.63) is 93.8 Å². The molecule has 4 rings (SSSR count). The molecule has 3 aromatic carbocycles. The summed E-state index contributed by atoms with van der Waals surface area (Å²) in [5.74, 6) is -1.05. The average molecular weight is 564 g/mol. The first-order valence-electron chi connectivity index (χ1n) is 13.3. The summed E-state index contributed by atoms with van der Waals surface area (Å²) in [5.41, 5.74) is 3.11. The maximum Gasteiger partial charge on any atom is 0.275 e. The summed E-state index contributed by atoms with van der Waals surface area (Å²) in [6.45, 7) is 4.27. The second-order valence-electron chi connectivity index (χ2n) is 9.19. The van der Waals surface area contributed by atoms with E-state index < -0.39 is 0 Å². The van der Waals surface area contributed by atoms with Gasteiger partial charge >= 0.3 is 0 Å². The third kappa shape index (κ3) is 7.89. The molecule has 9 heteroatoms. The van der Waals surface area contributed by atoms with Crippen molar-refractivity contribution in [1.29, 1.82) is 0 Å². The number of aliphatic hydroxyl groups is 1. The molecule has 0 atom stereocenters. The minimum Gasteiger partial charge on any atom is -0.395 e. The molecule has 208 valence electrons. The predicted octanol–water partition coefficient (Wildman–Crippen LogP) is 3.47.